The van der Waals surface area contributed by atoms with Gasteiger partial charge >= 0.3 is 0 Å². The molecule has 28 heavy (non-hydrogen) atoms. The SMILES string of the molecule is COc1cccc(OCC(=O)Nc2cc(NC(=O)c3cccs3)ccc2C)c1. The van der Waals surface area contributed by atoms with Crippen LogP contribution in [0.15, 0.2) is 60.0 Å². The molecule has 0 saturated heterocycles. The van der Waals surface area contributed by atoms with E-state index in [0.29, 0.717) is 27.8 Å². The Kier molecular flexibility index (Phi) is 6.29. The van der Waals surface area contributed by atoms with Crippen molar-refractivity contribution in [3.63, 3.8) is 0 Å². The molecule has 0 aliphatic carbocycles. The van der Waals surface area contributed by atoms with Gasteiger partial charge in [0.1, 0.15) is 11.5 Å². The first-order valence-corrected chi connectivity index (χ1v) is 9.45. The van der Waals surface area contributed by atoms with Crippen molar-refractivity contribution < 1.29 is 19.1 Å². The van der Waals surface area contributed by atoms with Gasteiger partial charge in [0.05, 0.1) is 12.0 Å². The van der Waals surface area contributed by atoms with Crippen molar-refractivity contribution in [3.05, 3.63) is 70.4 Å². The molecule has 144 valence electrons. The molecule has 7 heteroatoms. The molecule has 1 aromatic heterocycles. The second-order valence-corrected chi connectivity index (χ2v) is 6.92. The lowest BCUT2D eigenvalue weighted by Gasteiger charge is -2.12. The fraction of sp³-hybridized carbons (Fsp3) is 0.143. The first-order chi connectivity index (χ1) is 13.5. The third kappa shape index (κ3) is 5.11. The number of hydrogen-bond acceptors (Lipinski definition) is 5. The van der Waals surface area contributed by atoms with Crippen LogP contribution >= 0.6 is 11.3 Å². The van der Waals surface area contributed by atoms with Gasteiger partial charge in [-0.25, -0.2) is 0 Å². The minimum atomic E-state index is -0.298. The van der Waals surface area contributed by atoms with Crippen molar-refractivity contribution in [2.45, 2.75) is 6.92 Å². The number of anilines is 2. The number of amides is 2. The van der Waals surface area contributed by atoms with E-state index < -0.39 is 0 Å². The minimum Gasteiger partial charge on any atom is -0.497 e. The van der Waals surface area contributed by atoms with E-state index in [9.17, 15) is 9.59 Å². The zero-order chi connectivity index (χ0) is 19.9. The zero-order valence-electron chi connectivity index (χ0n) is 15.5. The number of aryl methyl sites for hydroxylation is 1. The number of ether oxygens (including phenoxy) is 2. The van der Waals surface area contributed by atoms with Crippen LogP contribution in [0.5, 0.6) is 11.5 Å². The van der Waals surface area contributed by atoms with Crippen molar-refractivity contribution in [2.24, 2.45) is 0 Å². The van der Waals surface area contributed by atoms with Gasteiger partial charge in [0.15, 0.2) is 6.61 Å². The molecular weight excluding hydrogens is 376 g/mol. The molecule has 0 atom stereocenters. The number of carbonyl (C=O) groups excluding carboxylic acids is 2. The van der Waals surface area contributed by atoms with Crippen molar-refractivity contribution in [2.75, 3.05) is 24.4 Å². The average molecular weight is 396 g/mol. The third-order valence-electron chi connectivity index (χ3n) is 3.93. The summed E-state index contributed by atoms with van der Waals surface area (Å²) in [5.74, 6) is 0.719. The highest BCUT2D eigenvalue weighted by atomic mass is 32.1. The molecule has 0 saturated carbocycles. The number of methoxy groups -OCH3 is 1. The molecule has 0 radical (unpaired) electrons. The van der Waals surface area contributed by atoms with Gasteiger partial charge in [-0.15, -0.1) is 11.3 Å². The lowest BCUT2D eigenvalue weighted by Crippen LogP contribution is -2.21. The van der Waals surface area contributed by atoms with E-state index in [1.54, 1.807) is 49.6 Å². The second kappa shape index (κ2) is 9.05. The van der Waals surface area contributed by atoms with Crippen LogP contribution in [0.3, 0.4) is 0 Å². The quantitative estimate of drug-likeness (QED) is 0.623. The number of thiophene rings is 1. The topological polar surface area (TPSA) is 76.7 Å². The van der Waals surface area contributed by atoms with Gasteiger partial charge in [0, 0.05) is 17.4 Å². The van der Waals surface area contributed by atoms with Crippen LogP contribution in [0.25, 0.3) is 0 Å². The number of nitrogens with one attached hydrogen (secondary N) is 2. The Morgan fingerprint density at radius 1 is 1.00 bits per heavy atom. The highest BCUT2D eigenvalue weighted by Crippen LogP contribution is 2.22. The largest absolute Gasteiger partial charge is 0.497 e. The zero-order valence-corrected chi connectivity index (χ0v) is 16.3. The van der Waals surface area contributed by atoms with Crippen molar-refractivity contribution in [1.82, 2.24) is 0 Å². The molecule has 0 unspecified atom stereocenters. The summed E-state index contributed by atoms with van der Waals surface area (Å²) in [5, 5.41) is 7.49. The first-order valence-electron chi connectivity index (χ1n) is 8.57. The number of benzene rings is 2. The fourth-order valence-corrected chi connectivity index (χ4v) is 3.08. The van der Waals surface area contributed by atoms with Crippen LogP contribution in [0, 0.1) is 6.92 Å². The van der Waals surface area contributed by atoms with Gasteiger partial charge in [-0.1, -0.05) is 18.2 Å². The van der Waals surface area contributed by atoms with Crippen LogP contribution in [0.4, 0.5) is 11.4 Å². The predicted octanol–water partition coefficient (Wildman–Crippen LogP) is 4.33. The first kappa shape index (κ1) is 19.4. The summed E-state index contributed by atoms with van der Waals surface area (Å²) in [4.78, 5) is 25.1. The molecule has 6 nitrogen and oxygen atoms in total. The van der Waals surface area contributed by atoms with Gasteiger partial charge in [0.25, 0.3) is 11.8 Å². The van der Waals surface area contributed by atoms with Gasteiger partial charge < -0.3 is 20.1 Å². The molecule has 0 aliphatic rings. The summed E-state index contributed by atoms with van der Waals surface area (Å²) in [6.07, 6.45) is 0. The Labute approximate surface area is 167 Å². The van der Waals surface area contributed by atoms with Crippen LogP contribution in [0.1, 0.15) is 15.2 Å². The molecule has 3 rings (SSSR count). The van der Waals surface area contributed by atoms with Crippen molar-refractivity contribution in [1.29, 1.82) is 0 Å². The third-order valence-corrected chi connectivity index (χ3v) is 4.79. The van der Waals surface area contributed by atoms with Gasteiger partial charge in [-0.05, 0) is 48.2 Å². The smallest absolute Gasteiger partial charge is 0.265 e. The summed E-state index contributed by atoms with van der Waals surface area (Å²) in [5.41, 5.74) is 2.10. The lowest BCUT2D eigenvalue weighted by molar-refractivity contribution is -0.118. The van der Waals surface area contributed by atoms with Gasteiger partial charge in [0.2, 0.25) is 0 Å². The fourth-order valence-electron chi connectivity index (χ4n) is 2.46. The molecule has 0 fully saturated rings. The average Bonchev–Trinajstić information content (AvgIpc) is 3.24. The van der Waals surface area contributed by atoms with E-state index in [2.05, 4.69) is 10.6 Å². The van der Waals surface area contributed by atoms with Crippen molar-refractivity contribution >= 4 is 34.5 Å². The Morgan fingerprint density at radius 3 is 2.57 bits per heavy atom. The Balaban J connectivity index is 1.61. The highest BCUT2D eigenvalue weighted by molar-refractivity contribution is 7.12. The van der Waals surface area contributed by atoms with Gasteiger partial charge in [-0.3, -0.25) is 9.59 Å². The number of hydrogen-bond donors (Lipinski definition) is 2. The maximum absolute atomic E-state index is 12.3. The van der Waals surface area contributed by atoms with Crippen LogP contribution in [-0.4, -0.2) is 25.5 Å². The molecule has 2 N–H and O–H groups in total. The summed E-state index contributed by atoms with van der Waals surface area (Å²) >= 11 is 1.37. The Bertz CT molecular complexity index is 970. The monoisotopic (exact) mass is 396 g/mol. The standard InChI is InChI=1S/C21H20N2O4S/c1-14-8-9-15(22-21(25)19-7-4-10-28-19)11-18(14)23-20(24)13-27-17-6-3-5-16(12-17)26-2/h3-12H,13H2,1-2H3,(H,22,25)(H,23,24). The lowest BCUT2D eigenvalue weighted by atomic mass is 10.1. The maximum Gasteiger partial charge on any atom is 0.265 e. The van der Waals surface area contributed by atoms with Crippen LogP contribution in [0.2, 0.25) is 0 Å². The molecule has 2 aromatic carbocycles. The normalized spacial score (nSPS) is 10.2. The van der Waals surface area contributed by atoms with Gasteiger partial charge in [-0.2, -0.15) is 0 Å². The Hall–Kier alpha value is -3.32. The molecule has 1 heterocycles. The summed E-state index contributed by atoms with van der Waals surface area (Å²) in [6, 6.07) is 16.0. The van der Waals surface area contributed by atoms with Crippen molar-refractivity contribution in [3.8, 4) is 11.5 Å². The molecule has 0 bridgehead atoms. The van der Waals surface area contributed by atoms with E-state index in [1.165, 1.54) is 11.3 Å². The van der Waals surface area contributed by atoms with Crippen LogP contribution in [-0.2, 0) is 4.79 Å². The van der Waals surface area contributed by atoms with E-state index in [1.807, 2.05) is 24.4 Å². The Morgan fingerprint density at radius 2 is 1.82 bits per heavy atom. The van der Waals surface area contributed by atoms with E-state index in [-0.39, 0.29) is 18.4 Å². The summed E-state index contributed by atoms with van der Waals surface area (Å²) in [7, 11) is 1.57. The highest BCUT2D eigenvalue weighted by Gasteiger charge is 2.10. The summed E-state index contributed by atoms with van der Waals surface area (Å²) < 4.78 is 10.6. The van der Waals surface area contributed by atoms with Crippen LogP contribution < -0.4 is 20.1 Å². The van der Waals surface area contributed by atoms with E-state index >= 15 is 0 Å². The number of carbonyl (C=O) groups is 2. The van der Waals surface area contributed by atoms with E-state index in [4.69, 9.17) is 9.47 Å². The molecule has 2 amide bonds. The minimum absolute atomic E-state index is 0.140. The molecule has 0 spiro atoms. The molecule has 3 aromatic rings. The maximum atomic E-state index is 12.3. The second-order valence-electron chi connectivity index (χ2n) is 5.98. The molecular formula is C21H20N2O4S. The molecule has 0 aliphatic heterocycles. The van der Waals surface area contributed by atoms with E-state index in [0.717, 1.165) is 5.56 Å². The summed E-state index contributed by atoms with van der Waals surface area (Å²) in [6.45, 7) is 1.74. The predicted molar refractivity (Wildman–Crippen MR) is 111 cm³/mol. The number of rotatable bonds is 7.